The lowest BCUT2D eigenvalue weighted by atomic mass is 10.1. The van der Waals surface area contributed by atoms with Gasteiger partial charge in [0.1, 0.15) is 0 Å². The van der Waals surface area contributed by atoms with Gasteiger partial charge in [0, 0.05) is 20.0 Å². The van der Waals surface area contributed by atoms with Crippen LogP contribution in [-0.2, 0) is 9.53 Å². The minimum Gasteiger partial charge on any atom is -0.481 e. The molecule has 0 aliphatic carbocycles. The first-order valence-corrected chi connectivity index (χ1v) is 4.88. The summed E-state index contributed by atoms with van der Waals surface area (Å²) in [6.45, 7) is 0. The lowest BCUT2D eigenvalue weighted by molar-refractivity contribution is -0.137. The van der Waals surface area contributed by atoms with Crippen molar-refractivity contribution in [2.45, 2.75) is 44.6 Å². The van der Waals surface area contributed by atoms with E-state index in [1.165, 1.54) is 0 Å². The largest absolute Gasteiger partial charge is 0.481 e. The molecule has 1 N–H and O–H groups in total. The summed E-state index contributed by atoms with van der Waals surface area (Å²) < 4.78 is 5.22. The van der Waals surface area contributed by atoms with Crippen molar-refractivity contribution in [2.24, 2.45) is 0 Å². The number of carbonyl (C=O) groups is 1. The second kappa shape index (κ2) is 8.58. The fraction of sp³-hybridized carbons (Fsp3) is 0.727. The summed E-state index contributed by atoms with van der Waals surface area (Å²) in [6.07, 6.45) is 9.60. The van der Waals surface area contributed by atoms with E-state index < -0.39 is 5.97 Å². The molecule has 1 atom stereocenters. The van der Waals surface area contributed by atoms with Crippen molar-refractivity contribution in [2.75, 3.05) is 7.11 Å². The lowest BCUT2D eigenvalue weighted by Gasteiger charge is -2.13. The van der Waals surface area contributed by atoms with E-state index in [-0.39, 0.29) is 12.5 Å². The SMILES string of the molecule is C#CCCCC(CCCC(=O)O)OC. The number of hydrogen-bond acceptors (Lipinski definition) is 2. The van der Waals surface area contributed by atoms with E-state index in [1.807, 2.05) is 0 Å². The van der Waals surface area contributed by atoms with Crippen LogP contribution in [0.25, 0.3) is 0 Å². The van der Waals surface area contributed by atoms with Gasteiger partial charge in [0.2, 0.25) is 0 Å². The first-order valence-electron chi connectivity index (χ1n) is 4.88. The summed E-state index contributed by atoms with van der Waals surface area (Å²) in [5.74, 6) is 1.83. The number of carboxylic acid groups (broad SMARTS) is 1. The third-order valence-corrected chi connectivity index (χ3v) is 2.10. The maximum atomic E-state index is 10.3. The van der Waals surface area contributed by atoms with Gasteiger partial charge in [0.05, 0.1) is 6.10 Å². The normalized spacial score (nSPS) is 12.0. The summed E-state index contributed by atoms with van der Waals surface area (Å²) in [4.78, 5) is 10.3. The van der Waals surface area contributed by atoms with Gasteiger partial charge < -0.3 is 9.84 Å². The Morgan fingerprint density at radius 3 is 2.64 bits per heavy atom. The Hall–Kier alpha value is -1.01. The number of aliphatic carboxylic acids is 1. The molecule has 0 aromatic rings. The van der Waals surface area contributed by atoms with Crippen molar-refractivity contribution < 1.29 is 14.6 Å². The van der Waals surface area contributed by atoms with Gasteiger partial charge in [0.15, 0.2) is 0 Å². The lowest BCUT2D eigenvalue weighted by Crippen LogP contribution is -2.11. The highest BCUT2D eigenvalue weighted by molar-refractivity contribution is 5.66. The molecule has 0 fully saturated rings. The summed E-state index contributed by atoms with van der Waals surface area (Å²) >= 11 is 0. The molecule has 0 bridgehead atoms. The molecule has 0 aromatic heterocycles. The van der Waals surface area contributed by atoms with Crippen LogP contribution >= 0.6 is 0 Å². The van der Waals surface area contributed by atoms with Crippen LogP contribution < -0.4 is 0 Å². The van der Waals surface area contributed by atoms with Crippen LogP contribution in [-0.4, -0.2) is 24.3 Å². The van der Waals surface area contributed by atoms with Gasteiger partial charge in [-0.1, -0.05) is 0 Å². The second-order valence-electron chi connectivity index (χ2n) is 3.24. The summed E-state index contributed by atoms with van der Waals surface area (Å²) in [5.41, 5.74) is 0. The molecule has 0 aliphatic rings. The molecule has 80 valence electrons. The van der Waals surface area contributed by atoms with E-state index in [4.69, 9.17) is 16.3 Å². The molecule has 1 unspecified atom stereocenters. The molecule has 0 aliphatic heterocycles. The molecule has 0 radical (unpaired) electrons. The summed E-state index contributed by atoms with van der Waals surface area (Å²) in [7, 11) is 1.65. The molecule has 3 heteroatoms. The minimum absolute atomic E-state index is 0.155. The van der Waals surface area contributed by atoms with Crippen molar-refractivity contribution in [1.82, 2.24) is 0 Å². The highest BCUT2D eigenvalue weighted by atomic mass is 16.5. The number of carboxylic acids is 1. The third-order valence-electron chi connectivity index (χ3n) is 2.10. The van der Waals surface area contributed by atoms with E-state index in [0.717, 1.165) is 25.7 Å². The van der Waals surface area contributed by atoms with Crippen LogP contribution in [0, 0.1) is 12.3 Å². The highest BCUT2D eigenvalue weighted by Crippen LogP contribution is 2.11. The van der Waals surface area contributed by atoms with Gasteiger partial charge in [0.25, 0.3) is 0 Å². The van der Waals surface area contributed by atoms with E-state index in [1.54, 1.807) is 7.11 Å². The van der Waals surface area contributed by atoms with Crippen LogP contribution in [0.15, 0.2) is 0 Å². The van der Waals surface area contributed by atoms with Crippen molar-refractivity contribution >= 4 is 5.97 Å². The molecule has 14 heavy (non-hydrogen) atoms. The van der Waals surface area contributed by atoms with Gasteiger partial charge in [-0.05, 0) is 25.7 Å². The minimum atomic E-state index is -0.747. The van der Waals surface area contributed by atoms with Gasteiger partial charge in [-0.15, -0.1) is 12.3 Å². The monoisotopic (exact) mass is 198 g/mol. The van der Waals surface area contributed by atoms with Gasteiger partial charge in [-0.3, -0.25) is 4.79 Å². The highest BCUT2D eigenvalue weighted by Gasteiger charge is 2.07. The molecule has 0 rings (SSSR count). The summed E-state index contributed by atoms with van der Waals surface area (Å²) in [5, 5.41) is 8.45. The quantitative estimate of drug-likeness (QED) is 0.479. The number of methoxy groups -OCH3 is 1. The molecule has 0 saturated carbocycles. The van der Waals surface area contributed by atoms with Crippen LogP contribution in [0.1, 0.15) is 38.5 Å². The zero-order valence-corrected chi connectivity index (χ0v) is 8.66. The van der Waals surface area contributed by atoms with Gasteiger partial charge in [-0.25, -0.2) is 0 Å². The van der Waals surface area contributed by atoms with Crippen LogP contribution in [0.4, 0.5) is 0 Å². The number of ether oxygens (including phenoxy) is 1. The van der Waals surface area contributed by atoms with Crippen molar-refractivity contribution in [3.63, 3.8) is 0 Å². The predicted octanol–water partition coefficient (Wildman–Crippen LogP) is 2.06. The smallest absolute Gasteiger partial charge is 0.303 e. The molecular formula is C11H18O3. The first kappa shape index (κ1) is 13.0. The van der Waals surface area contributed by atoms with Crippen molar-refractivity contribution in [1.29, 1.82) is 0 Å². The molecule has 0 amide bonds. The average Bonchev–Trinajstić information content (AvgIpc) is 2.15. The molecular weight excluding hydrogens is 180 g/mol. The van der Waals surface area contributed by atoms with Crippen molar-refractivity contribution in [3.8, 4) is 12.3 Å². The Morgan fingerprint density at radius 2 is 2.14 bits per heavy atom. The number of hydrogen-bond donors (Lipinski definition) is 1. The van der Waals surface area contributed by atoms with E-state index >= 15 is 0 Å². The Kier molecular flexibility index (Phi) is 7.96. The van der Waals surface area contributed by atoms with Crippen LogP contribution in [0.2, 0.25) is 0 Å². The fourth-order valence-electron chi connectivity index (χ4n) is 1.29. The van der Waals surface area contributed by atoms with E-state index in [9.17, 15) is 4.79 Å². The number of unbranched alkanes of at least 4 members (excludes halogenated alkanes) is 1. The maximum Gasteiger partial charge on any atom is 0.303 e. The summed E-state index contributed by atoms with van der Waals surface area (Å²) in [6, 6.07) is 0. The van der Waals surface area contributed by atoms with Gasteiger partial charge >= 0.3 is 5.97 Å². The van der Waals surface area contributed by atoms with Gasteiger partial charge in [-0.2, -0.15) is 0 Å². The Balaban J connectivity index is 3.48. The maximum absolute atomic E-state index is 10.3. The van der Waals surface area contributed by atoms with Crippen LogP contribution in [0.3, 0.4) is 0 Å². The molecule has 3 nitrogen and oxygen atoms in total. The molecule has 0 spiro atoms. The second-order valence-corrected chi connectivity index (χ2v) is 3.24. The Bertz CT molecular complexity index is 193. The fourth-order valence-corrected chi connectivity index (χ4v) is 1.29. The zero-order valence-electron chi connectivity index (χ0n) is 8.66. The number of terminal acetylenes is 1. The topological polar surface area (TPSA) is 46.5 Å². The number of rotatable bonds is 8. The van der Waals surface area contributed by atoms with Crippen molar-refractivity contribution in [3.05, 3.63) is 0 Å². The third kappa shape index (κ3) is 7.63. The Morgan fingerprint density at radius 1 is 1.50 bits per heavy atom. The standard InChI is InChI=1S/C11H18O3/c1-3-4-5-7-10(14-2)8-6-9-11(12)13/h1,10H,4-9H2,2H3,(H,12,13). The molecule has 0 heterocycles. The van der Waals surface area contributed by atoms with E-state index in [0.29, 0.717) is 6.42 Å². The average molecular weight is 198 g/mol. The Labute approximate surface area is 85.5 Å². The zero-order chi connectivity index (χ0) is 10.8. The molecule has 0 saturated heterocycles. The van der Waals surface area contributed by atoms with E-state index in [2.05, 4.69) is 5.92 Å². The molecule has 0 aromatic carbocycles. The first-order chi connectivity index (χ1) is 6.70. The predicted molar refractivity (Wildman–Crippen MR) is 55.0 cm³/mol. The van der Waals surface area contributed by atoms with Crippen LogP contribution in [0.5, 0.6) is 0 Å².